The maximum Gasteiger partial charge on any atom is 0.253 e. The molecular formula is C18H18N4O3S2. The molecule has 1 saturated heterocycles. The number of aromatic nitrogens is 1. The standard InChI is InChI=1S/C18H18N4O3S2/c23-15(20-18-19-5-8-26-18)10-22-13-9-12(17(25)21-6-1-2-7-21)3-4-14(13)27-11-16(22)24/h3-5,8-9H,1-2,6-7,10-11H2,(H,19,20,23). The van der Waals surface area contributed by atoms with Gasteiger partial charge in [0.25, 0.3) is 5.91 Å². The number of hydrogen-bond acceptors (Lipinski definition) is 6. The summed E-state index contributed by atoms with van der Waals surface area (Å²) in [6.07, 6.45) is 3.65. The van der Waals surface area contributed by atoms with Crippen LogP contribution in [0.15, 0.2) is 34.7 Å². The second kappa shape index (κ2) is 7.69. The first-order chi connectivity index (χ1) is 13.1. The van der Waals surface area contributed by atoms with E-state index in [4.69, 9.17) is 0 Å². The molecule has 2 aliphatic heterocycles. The number of carbonyl (C=O) groups is 3. The third-order valence-corrected chi connectivity index (χ3v) is 6.26. The number of amides is 3. The van der Waals surface area contributed by atoms with Gasteiger partial charge in [0.05, 0.1) is 11.4 Å². The van der Waals surface area contributed by atoms with Gasteiger partial charge in [-0.05, 0) is 31.0 Å². The highest BCUT2D eigenvalue weighted by Gasteiger charge is 2.29. The van der Waals surface area contributed by atoms with Crippen LogP contribution in [0, 0.1) is 0 Å². The summed E-state index contributed by atoms with van der Waals surface area (Å²) in [7, 11) is 0. The summed E-state index contributed by atoms with van der Waals surface area (Å²) >= 11 is 2.75. The number of likely N-dealkylation sites (tertiary alicyclic amines) is 1. The van der Waals surface area contributed by atoms with Gasteiger partial charge in [-0.25, -0.2) is 4.98 Å². The molecule has 1 N–H and O–H groups in total. The zero-order valence-electron chi connectivity index (χ0n) is 14.5. The van der Waals surface area contributed by atoms with E-state index in [1.165, 1.54) is 28.0 Å². The molecule has 1 aromatic heterocycles. The number of rotatable bonds is 4. The lowest BCUT2D eigenvalue weighted by Gasteiger charge is -2.29. The first-order valence-corrected chi connectivity index (χ1v) is 10.5. The number of anilines is 2. The second-order valence-electron chi connectivity index (χ2n) is 6.34. The van der Waals surface area contributed by atoms with E-state index in [1.54, 1.807) is 23.7 Å². The molecule has 9 heteroatoms. The molecule has 0 bridgehead atoms. The minimum absolute atomic E-state index is 0.0227. The molecule has 140 valence electrons. The third kappa shape index (κ3) is 3.84. The van der Waals surface area contributed by atoms with Crippen LogP contribution in [0.3, 0.4) is 0 Å². The number of fused-ring (bicyclic) bond motifs is 1. The van der Waals surface area contributed by atoms with Crippen LogP contribution in [-0.2, 0) is 9.59 Å². The molecule has 0 spiro atoms. The van der Waals surface area contributed by atoms with Crippen molar-refractivity contribution in [3.8, 4) is 0 Å². The van der Waals surface area contributed by atoms with Crippen LogP contribution in [-0.4, -0.2) is 53.0 Å². The van der Waals surface area contributed by atoms with Crippen LogP contribution in [0.2, 0.25) is 0 Å². The van der Waals surface area contributed by atoms with Gasteiger partial charge in [-0.15, -0.1) is 23.1 Å². The van der Waals surface area contributed by atoms with Gasteiger partial charge in [-0.1, -0.05) is 0 Å². The molecule has 1 aromatic carbocycles. The van der Waals surface area contributed by atoms with Crippen molar-refractivity contribution in [1.29, 1.82) is 0 Å². The zero-order chi connectivity index (χ0) is 18.8. The van der Waals surface area contributed by atoms with E-state index in [9.17, 15) is 14.4 Å². The van der Waals surface area contributed by atoms with E-state index in [-0.39, 0.29) is 30.0 Å². The minimum atomic E-state index is -0.313. The number of carbonyl (C=O) groups excluding carboxylic acids is 3. The third-order valence-electron chi connectivity index (χ3n) is 4.52. The van der Waals surface area contributed by atoms with Gasteiger partial charge in [0.15, 0.2) is 5.13 Å². The molecule has 1 fully saturated rings. The molecule has 7 nitrogen and oxygen atoms in total. The van der Waals surface area contributed by atoms with Crippen LogP contribution in [0.25, 0.3) is 0 Å². The van der Waals surface area contributed by atoms with Crippen molar-refractivity contribution in [2.75, 3.05) is 35.6 Å². The number of hydrogen-bond donors (Lipinski definition) is 1. The smallest absolute Gasteiger partial charge is 0.253 e. The fraction of sp³-hybridized carbons (Fsp3) is 0.333. The Morgan fingerprint density at radius 2 is 2.04 bits per heavy atom. The van der Waals surface area contributed by atoms with E-state index in [0.29, 0.717) is 16.4 Å². The summed E-state index contributed by atoms with van der Waals surface area (Å²) in [4.78, 5) is 45.7. The van der Waals surface area contributed by atoms with Gasteiger partial charge in [0, 0.05) is 35.1 Å². The number of nitrogens with one attached hydrogen (secondary N) is 1. The lowest BCUT2D eigenvalue weighted by Crippen LogP contribution is -2.41. The van der Waals surface area contributed by atoms with Gasteiger partial charge in [-0.3, -0.25) is 14.4 Å². The van der Waals surface area contributed by atoms with E-state index >= 15 is 0 Å². The average Bonchev–Trinajstić information content (AvgIpc) is 3.37. The van der Waals surface area contributed by atoms with Crippen molar-refractivity contribution >= 4 is 51.6 Å². The zero-order valence-corrected chi connectivity index (χ0v) is 16.1. The number of thiazole rings is 1. The SMILES string of the molecule is O=C(CN1C(=O)CSc2ccc(C(=O)N3CCCC3)cc21)Nc1nccs1. The monoisotopic (exact) mass is 402 g/mol. The summed E-state index contributed by atoms with van der Waals surface area (Å²) in [5.41, 5.74) is 1.17. The normalized spacial score (nSPS) is 16.4. The van der Waals surface area contributed by atoms with E-state index in [0.717, 1.165) is 30.8 Å². The molecule has 0 unspecified atom stereocenters. The van der Waals surface area contributed by atoms with Crippen molar-refractivity contribution < 1.29 is 14.4 Å². The number of benzene rings is 1. The van der Waals surface area contributed by atoms with Crippen molar-refractivity contribution in [2.45, 2.75) is 17.7 Å². The van der Waals surface area contributed by atoms with Crippen molar-refractivity contribution in [3.63, 3.8) is 0 Å². The first-order valence-electron chi connectivity index (χ1n) is 8.67. The van der Waals surface area contributed by atoms with Crippen molar-refractivity contribution in [1.82, 2.24) is 9.88 Å². The van der Waals surface area contributed by atoms with Gasteiger partial charge < -0.3 is 15.1 Å². The van der Waals surface area contributed by atoms with Crippen LogP contribution in [0.1, 0.15) is 23.2 Å². The Hall–Kier alpha value is -2.39. The fourth-order valence-electron chi connectivity index (χ4n) is 3.20. The number of nitrogens with zero attached hydrogens (tertiary/aromatic N) is 3. The van der Waals surface area contributed by atoms with E-state index in [1.807, 2.05) is 11.0 Å². The summed E-state index contributed by atoms with van der Waals surface area (Å²) in [6, 6.07) is 5.40. The maximum absolute atomic E-state index is 12.7. The largest absolute Gasteiger partial charge is 0.339 e. The van der Waals surface area contributed by atoms with Crippen LogP contribution in [0.5, 0.6) is 0 Å². The molecule has 3 heterocycles. The lowest BCUT2D eigenvalue weighted by atomic mass is 10.1. The van der Waals surface area contributed by atoms with Crippen molar-refractivity contribution in [3.05, 3.63) is 35.3 Å². The Bertz CT molecular complexity index is 879. The Balaban J connectivity index is 1.56. The van der Waals surface area contributed by atoms with Gasteiger partial charge in [0.1, 0.15) is 6.54 Å². The predicted octanol–water partition coefficient (Wildman–Crippen LogP) is 2.46. The Labute approximate surface area is 164 Å². The van der Waals surface area contributed by atoms with E-state index < -0.39 is 0 Å². The molecule has 0 saturated carbocycles. The molecule has 2 aliphatic rings. The average molecular weight is 403 g/mol. The first kappa shape index (κ1) is 18.0. The molecular weight excluding hydrogens is 384 g/mol. The Morgan fingerprint density at radius 3 is 2.78 bits per heavy atom. The highest BCUT2D eigenvalue weighted by Crippen LogP contribution is 2.36. The van der Waals surface area contributed by atoms with Gasteiger partial charge in [0.2, 0.25) is 11.8 Å². The second-order valence-corrected chi connectivity index (χ2v) is 8.25. The maximum atomic E-state index is 12.7. The Morgan fingerprint density at radius 1 is 1.22 bits per heavy atom. The summed E-state index contributed by atoms with van der Waals surface area (Å²) in [5, 5.41) is 4.96. The fourth-order valence-corrected chi connectivity index (χ4v) is 4.66. The minimum Gasteiger partial charge on any atom is -0.339 e. The number of thioether (sulfide) groups is 1. The molecule has 0 aliphatic carbocycles. The quantitative estimate of drug-likeness (QED) is 0.849. The molecule has 0 atom stereocenters. The summed E-state index contributed by atoms with van der Waals surface area (Å²) in [6.45, 7) is 1.43. The van der Waals surface area contributed by atoms with Crippen LogP contribution in [0.4, 0.5) is 10.8 Å². The molecule has 0 radical (unpaired) electrons. The molecule has 4 rings (SSSR count). The molecule has 3 amide bonds. The lowest BCUT2D eigenvalue weighted by molar-refractivity contribution is -0.120. The Kier molecular flexibility index (Phi) is 5.13. The summed E-state index contributed by atoms with van der Waals surface area (Å²) in [5.74, 6) is -0.206. The molecule has 2 aromatic rings. The highest BCUT2D eigenvalue weighted by atomic mass is 32.2. The predicted molar refractivity (Wildman–Crippen MR) is 105 cm³/mol. The summed E-state index contributed by atoms with van der Waals surface area (Å²) < 4.78 is 0. The topological polar surface area (TPSA) is 82.6 Å². The van der Waals surface area contributed by atoms with Gasteiger partial charge >= 0.3 is 0 Å². The molecule has 27 heavy (non-hydrogen) atoms. The van der Waals surface area contributed by atoms with Crippen LogP contribution < -0.4 is 10.2 Å². The van der Waals surface area contributed by atoms with Crippen molar-refractivity contribution in [2.24, 2.45) is 0 Å². The van der Waals surface area contributed by atoms with Crippen LogP contribution >= 0.6 is 23.1 Å². The van der Waals surface area contributed by atoms with E-state index in [2.05, 4.69) is 10.3 Å². The highest BCUT2D eigenvalue weighted by molar-refractivity contribution is 8.00. The van der Waals surface area contributed by atoms with Gasteiger partial charge in [-0.2, -0.15) is 0 Å².